The lowest BCUT2D eigenvalue weighted by Gasteiger charge is -2.14. The normalized spacial score (nSPS) is 13.6. The Bertz CT molecular complexity index is 1430. The van der Waals surface area contributed by atoms with Crippen molar-refractivity contribution in [1.29, 1.82) is 0 Å². The van der Waals surface area contributed by atoms with Crippen LogP contribution in [0.25, 0.3) is 11.0 Å². The molecular weight excluding hydrogens is 495 g/mol. The fraction of sp³-hybridized carbons (Fsp3) is 0.240. The number of aromatic nitrogens is 3. The molecule has 2 heterocycles. The van der Waals surface area contributed by atoms with Gasteiger partial charge in [0.15, 0.2) is 5.15 Å². The summed E-state index contributed by atoms with van der Waals surface area (Å²) in [5, 5.41) is 5.44. The minimum Gasteiger partial charge on any atom is -0.495 e. The van der Waals surface area contributed by atoms with E-state index >= 15 is 0 Å². The minimum atomic E-state index is -4.55. The molecule has 0 spiro atoms. The first-order chi connectivity index (χ1) is 17.2. The van der Waals surface area contributed by atoms with E-state index in [1.807, 2.05) is 18.2 Å². The van der Waals surface area contributed by atoms with Crippen LogP contribution in [0.2, 0.25) is 5.15 Å². The minimum absolute atomic E-state index is 0.0912. The number of carbonyl (C=O) groups excluding carboxylic acids is 1. The molecule has 36 heavy (non-hydrogen) atoms. The van der Waals surface area contributed by atoms with Gasteiger partial charge in [-0.25, -0.2) is 14.8 Å². The Labute approximate surface area is 209 Å². The Morgan fingerprint density at radius 2 is 1.89 bits per heavy atom. The number of alkyl halides is 3. The lowest BCUT2D eigenvalue weighted by atomic mass is 10.1. The molecule has 1 saturated carbocycles. The van der Waals surface area contributed by atoms with Crippen LogP contribution in [0.1, 0.15) is 35.7 Å². The zero-order valence-electron chi connectivity index (χ0n) is 19.1. The molecule has 0 unspecified atom stereocenters. The van der Waals surface area contributed by atoms with E-state index in [9.17, 15) is 18.0 Å². The van der Waals surface area contributed by atoms with Gasteiger partial charge in [0.2, 0.25) is 0 Å². The molecule has 0 aliphatic heterocycles. The monoisotopic (exact) mass is 515 g/mol. The summed E-state index contributed by atoms with van der Waals surface area (Å²) >= 11 is 6.37. The Balaban J connectivity index is 1.31. The van der Waals surface area contributed by atoms with Crippen LogP contribution < -0.4 is 15.4 Å². The molecule has 2 aromatic heterocycles. The van der Waals surface area contributed by atoms with Gasteiger partial charge in [0.05, 0.1) is 23.9 Å². The standard InChI is InChI=1S/C25H21ClF3N5O2/c1-36-20-9-6-16(25(27,28)29)12-19(20)33-24(35)31-17-7-2-14(3-8-17)13-34-21-18(10-11-30-22(21)26)32-23(34)15-4-5-15/h2-3,6-12,15H,4-5,13H2,1H3,(H2,31,33,35). The average Bonchev–Trinajstić information content (AvgIpc) is 3.61. The van der Waals surface area contributed by atoms with E-state index in [4.69, 9.17) is 21.3 Å². The van der Waals surface area contributed by atoms with Crippen molar-refractivity contribution >= 4 is 40.0 Å². The number of carbonyl (C=O) groups is 1. The van der Waals surface area contributed by atoms with Crippen LogP contribution in [0.15, 0.2) is 54.7 Å². The third-order valence-electron chi connectivity index (χ3n) is 5.91. The van der Waals surface area contributed by atoms with Crippen LogP contribution in [0.3, 0.4) is 0 Å². The van der Waals surface area contributed by atoms with Gasteiger partial charge in [0.25, 0.3) is 0 Å². The molecule has 7 nitrogen and oxygen atoms in total. The molecule has 11 heteroatoms. The second-order valence-electron chi connectivity index (χ2n) is 8.49. The molecule has 2 N–H and O–H groups in total. The zero-order valence-corrected chi connectivity index (χ0v) is 19.8. The molecule has 2 amide bonds. The number of urea groups is 1. The van der Waals surface area contributed by atoms with Gasteiger partial charge in [-0.05, 0) is 54.8 Å². The summed E-state index contributed by atoms with van der Waals surface area (Å²) in [6.45, 7) is 0.529. The Hall–Kier alpha value is -3.79. The number of rotatable bonds is 6. The van der Waals surface area contributed by atoms with Crippen LogP contribution in [0.4, 0.5) is 29.3 Å². The van der Waals surface area contributed by atoms with Gasteiger partial charge in [0.1, 0.15) is 17.1 Å². The lowest BCUT2D eigenvalue weighted by Crippen LogP contribution is -2.20. The Morgan fingerprint density at radius 1 is 1.14 bits per heavy atom. The van der Waals surface area contributed by atoms with E-state index in [0.29, 0.717) is 23.3 Å². The number of pyridine rings is 1. The van der Waals surface area contributed by atoms with E-state index < -0.39 is 17.8 Å². The molecule has 0 saturated heterocycles. The summed E-state index contributed by atoms with van der Waals surface area (Å²) in [7, 11) is 1.31. The molecule has 186 valence electrons. The average molecular weight is 516 g/mol. The first kappa shape index (κ1) is 23.9. The topological polar surface area (TPSA) is 81.1 Å². The van der Waals surface area contributed by atoms with E-state index in [1.54, 1.807) is 18.3 Å². The van der Waals surface area contributed by atoms with Gasteiger partial charge in [-0.15, -0.1) is 0 Å². The number of halogens is 4. The second-order valence-corrected chi connectivity index (χ2v) is 8.85. The largest absolute Gasteiger partial charge is 0.495 e. The number of anilines is 2. The Morgan fingerprint density at radius 3 is 2.56 bits per heavy atom. The highest BCUT2D eigenvalue weighted by Crippen LogP contribution is 2.41. The molecule has 4 aromatic rings. The molecule has 2 aromatic carbocycles. The third kappa shape index (κ3) is 4.94. The van der Waals surface area contributed by atoms with Gasteiger partial charge in [-0.3, -0.25) is 0 Å². The highest BCUT2D eigenvalue weighted by Gasteiger charge is 2.32. The fourth-order valence-electron chi connectivity index (χ4n) is 4.01. The number of ether oxygens (including phenoxy) is 1. The van der Waals surface area contributed by atoms with Crippen molar-refractivity contribution in [2.24, 2.45) is 0 Å². The van der Waals surface area contributed by atoms with Gasteiger partial charge < -0.3 is 19.9 Å². The second kappa shape index (κ2) is 9.34. The number of methoxy groups -OCH3 is 1. The van der Waals surface area contributed by atoms with Crippen LogP contribution >= 0.6 is 11.6 Å². The Kier molecular flexibility index (Phi) is 6.21. The van der Waals surface area contributed by atoms with Crippen molar-refractivity contribution in [2.45, 2.75) is 31.5 Å². The molecule has 0 bridgehead atoms. The molecular formula is C25H21ClF3N5O2. The fourth-order valence-corrected chi connectivity index (χ4v) is 4.27. The quantitative estimate of drug-likeness (QED) is 0.281. The molecule has 1 aliphatic carbocycles. The maximum atomic E-state index is 13.1. The number of benzene rings is 2. The van der Waals surface area contributed by atoms with Crippen molar-refractivity contribution in [3.63, 3.8) is 0 Å². The van der Waals surface area contributed by atoms with Gasteiger partial charge >= 0.3 is 12.2 Å². The van der Waals surface area contributed by atoms with Crippen LogP contribution in [-0.2, 0) is 12.7 Å². The number of imidazole rings is 1. The third-order valence-corrected chi connectivity index (χ3v) is 6.19. The highest BCUT2D eigenvalue weighted by atomic mass is 35.5. The summed E-state index contributed by atoms with van der Waals surface area (Å²) in [6.07, 6.45) is -0.736. The maximum absolute atomic E-state index is 13.1. The number of nitrogens with zero attached hydrogens (tertiary/aromatic N) is 3. The SMILES string of the molecule is COc1ccc(C(F)(F)F)cc1NC(=O)Nc1ccc(Cn2c(C3CC3)nc3ccnc(Cl)c32)cc1. The number of amides is 2. The number of hydrogen-bond donors (Lipinski definition) is 2. The van der Waals surface area contributed by atoms with E-state index in [-0.39, 0.29) is 11.4 Å². The summed E-state index contributed by atoms with van der Waals surface area (Å²) in [4.78, 5) is 21.4. The molecule has 1 aliphatic rings. The van der Waals surface area contributed by atoms with Gasteiger partial charge in [0, 0.05) is 24.3 Å². The van der Waals surface area contributed by atoms with Gasteiger partial charge in [-0.2, -0.15) is 13.2 Å². The number of hydrogen-bond acceptors (Lipinski definition) is 4. The van der Waals surface area contributed by atoms with Crippen molar-refractivity contribution in [1.82, 2.24) is 14.5 Å². The summed E-state index contributed by atoms with van der Waals surface area (Å²) in [5.74, 6) is 1.50. The number of nitrogens with one attached hydrogen (secondary N) is 2. The summed E-state index contributed by atoms with van der Waals surface area (Å²) in [5.41, 5.74) is 2.04. The van der Waals surface area contributed by atoms with Crippen LogP contribution in [0, 0.1) is 0 Å². The van der Waals surface area contributed by atoms with Crippen molar-refractivity contribution < 1.29 is 22.7 Å². The van der Waals surface area contributed by atoms with Crippen LogP contribution in [0.5, 0.6) is 5.75 Å². The molecule has 5 rings (SSSR count). The molecule has 1 fully saturated rings. The molecule has 0 atom stereocenters. The van der Waals surface area contributed by atoms with E-state index in [0.717, 1.165) is 53.5 Å². The highest BCUT2D eigenvalue weighted by molar-refractivity contribution is 6.33. The predicted molar refractivity (Wildman–Crippen MR) is 131 cm³/mol. The first-order valence-corrected chi connectivity index (χ1v) is 11.5. The van der Waals surface area contributed by atoms with Crippen molar-refractivity contribution in [3.05, 3.63) is 76.8 Å². The number of fused-ring (bicyclic) bond motifs is 1. The first-order valence-electron chi connectivity index (χ1n) is 11.2. The smallest absolute Gasteiger partial charge is 0.416 e. The van der Waals surface area contributed by atoms with E-state index in [2.05, 4.69) is 20.2 Å². The maximum Gasteiger partial charge on any atom is 0.416 e. The predicted octanol–water partition coefficient (Wildman–Crippen LogP) is 6.68. The summed E-state index contributed by atoms with van der Waals surface area (Å²) in [6, 6.07) is 11.2. The van der Waals surface area contributed by atoms with E-state index in [1.165, 1.54) is 7.11 Å². The zero-order chi connectivity index (χ0) is 25.4. The van der Waals surface area contributed by atoms with Crippen LogP contribution in [-0.4, -0.2) is 27.7 Å². The molecule has 0 radical (unpaired) electrons. The van der Waals surface area contributed by atoms with Gasteiger partial charge in [-0.1, -0.05) is 23.7 Å². The van der Waals surface area contributed by atoms with Crippen molar-refractivity contribution in [2.75, 3.05) is 17.7 Å². The summed E-state index contributed by atoms with van der Waals surface area (Å²) < 4.78 is 46.3. The van der Waals surface area contributed by atoms with Crippen molar-refractivity contribution in [3.8, 4) is 5.75 Å². The lowest BCUT2D eigenvalue weighted by molar-refractivity contribution is -0.137.